The molecule has 1 atom stereocenters. The van der Waals surface area contributed by atoms with Gasteiger partial charge in [0.15, 0.2) is 0 Å². The van der Waals surface area contributed by atoms with E-state index in [9.17, 15) is 0 Å². The fourth-order valence-corrected chi connectivity index (χ4v) is 2.41. The van der Waals surface area contributed by atoms with E-state index in [0.29, 0.717) is 5.92 Å². The summed E-state index contributed by atoms with van der Waals surface area (Å²) in [5, 5.41) is 3.41. The average molecular weight is 218 g/mol. The van der Waals surface area contributed by atoms with Crippen molar-refractivity contribution in [1.82, 2.24) is 5.32 Å². The van der Waals surface area contributed by atoms with Crippen LogP contribution < -0.4 is 11.1 Å². The molecule has 1 aliphatic rings. The molecule has 0 radical (unpaired) electrons. The first kappa shape index (κ1) is 11.6. The van der Waals surface area contributed by atoms with E-state index in [1.54, 1.807) is 0 Å². The molecule has 0 amide bonds. The highest BCUT2D eigenvalue weighted by molar-refractivity contribution is 5.29. The molecule has 1 unspecified atom stereocenters. The second-order valence-electron chi connectivity index (χ2n) is 4.83. The van der Waals surface area contributed by atoms with E-state index in [-0.39, 0.29) is 0 Å². The van der Waals surface area contributed by atoms with Crippen LogP contribution in [-0.2, 0) is 0 Å². The highest BCUT2D eigenvalue weighted by Gasteiger charge is 2.15. The molecule has 1 saturated heterocycles. The van der Waals surface area contributed by atoms with Gasteiger partial charge in [-0.1, -0.05) is 31.2 Å². The van der Waals surface area contributed by atoms with Crippen molar-refractivity contribution in [1.29, 1.82) is 0 Å². The van der Waals surface area contributed by atoms with E-state index in [2.05, 4.69) is 36.5 Å². The van der Waals surface area contributed by atoms with Crippen molar-refractivity contribution in [3.05, 3.63) is 35.4 Å². The molecule has 2 nitrogen and oxygen atoms in total. The predicted octanol–water partition coefficient (Wildman–Crippen LogP) is 2.22. The van der Waals surface area contributed by atoms with Crippen LogP contribution in [0.25, 0.3) is 0 Å². The van der Waals surface area contributed by atoms with Crippen molar-refractivity contribution in [3.8, 4) is 0 Å². The van der Waals surface area contributed by atoms with Gasteiger partial charge in [-0.15, -0.1) is 0 Å². The quantitative estimate of drug-likeness (QED) is 0.816. The fraction of sp³-hybridized carbons (Fsp3) is 0.571. The molecule has 16 heavy (non-hydrogen) atoms. The summed E-state index contributed by atoms with van der Waals surface area (Å²) in [5.74, 6) is 1.22. The lowest BCUT2D eigenvalue weighted by Gasteiger charge is -2.24. The Morgan fingerprint density at radius 1 is 1.38 bits per heavy atom. The summed E-state index contributed by atoms with van der Waals surface area (Å²) >= 11 is 0. The zero-order chi connectivity index (χ0) is 11.4. The van der Waals surface area contributed by atoms with Gasteiger partial charge in [0, 0.05) is 0 Å². The Balaban J connectivity index is 2.14. The molecule has 2 rings (SSSR count). The molecule has 3 N–H and O–H groups in total. The van der Waals surface area contributed by atoms with Crippen LogP contribution in [0.15, 0.2) is 24.3 Å². The van der Waals surface area contributed by atoms with Crippen molar-refractivity contribution in [2.24, 2.45) is 5.73 Å². The van der Waals surface area contributed by atoms with Gasteiger partial charge in [0.2, 0.25) is 0 Å². The van der Waals surface area contributed by atoms with Crippen LogP contribution in [0.1, 0.15) is 42.7 Å². The number of nitrogens with two attached hydrogens (primary N) is 1. The molecule has 2 heteroatoms. The molecular weight excluding hydrogens is 196 g/mol. The van der Waals surface area contributed by atoms with Crippen molar-refractivity contribution < 1.29 is 0 Å². The smallest absolute Gasteiger partial charge is 0.00109 e. The maximum absolute atomic E-state index is 5.72. The van der Waals surface area contributed by atoms with Gasteiger partial charge in [-0.25, -0.2) is 0 Å². The van der Waals surface area contributed by atoms with Gasteiger partial charge in [0.05, 0.1) is 0 Å². The number of benzene rings is 1. The Labute approximate surface area is 98.2 Å². The lowest BCUT2D eigenvalue weighted by Crippen LogP contribution is -2.26. The van der Waals surface area contributed by atoms with E-state index >= 15 is 0 Å². The second-order valence-corrected chi connectivity index (χ2v) is 4.83. The van der Waals surface area contributed by atoms with E-state index in [1.807, 2.05) is 0 Å². The molecular formula is C14H22N2. The standard InChI is InChI=1S/C14H22N2/c1-11(10-15)13-3-2-4-14(9-13)12-5-7-16-8-6-12/h2-4,9,11-12,16H,5-8,10,15H2,1H3. The molecule has 1 aromatic rings. The summed E-state index contributed by atoms with van der Waals surface area (Å²) in [7, 11) is 0. The van der Waals surface area contributed by atoms with E-state index in [1.165, 1.54) is 24.0 Å². The molecule has 1 fully saturated rings. The van der Waals surface area contributed by atoms with Gasteiger partial charge in [-0.2, -0.15) is 0 Å². The fourth-order valence-electron chi connectivity index (χ4n) is 2.41. The Kier molecular flexibility index (Phi) is 3.97. The Hall–Kier alpha value is -0.860. The third kappa shape index (κ3) is 2.63. The Morgan fingerprint density at radius 2 is 2.12 bits per heavy atom. The van der Waals surface area contributed by atoms with Crippen molar-refractivity contribution in [2.45, 2.75) is 31.6 Å². The van der Waals surface area contributed by atoms with Gasteiger partial charge in [0.25, 0.3) is 0 Å². The van der Waals surface area contributed by atoms with Crippen molar-refractivity contribution in [3.63, 3.8) is 0 Å². The number of rotatable bonds is 3. The molecule has 1 heterocycles. The number of nitrogens with one attached hydrogen (secondary N) is 1. The third-order valence-electron chi connectivity index (χ3n) is 3.64. The van der Waals surface area contributed by atoms with Crippen LogP contribution in [-0.4, -0.2) is 19.6 Å². The zero-order valence-electron chi connectivity index (χ0n) is 10.1. The van der Waals surface area contributed by atoms with Gasteiger partial charge in [-0.3, -0.25) is 0 Å². The minimum atomic E-state index is 0.474. The summed E-state index contributed by atoms with van der Waals surface area (Å²) < 4.78 is 0. The Bertz CT molecular complexity index is 329. The monoisotopic (exact) mass is 218 g/mol. The third-order valence-corrected chi connectivity index (χ3v) is 3.64. The topological polar surface area (TPSA) is 38.0 Å². The van der Waals surface area contributed by atoms with Crippen molar-refractivity contribution >= 4 is 0 Å². The molecule has 88 valence electrons. The van der Waals surface area contributed by atoms with Gasteiger partial charge in [-0.05, 0) is 55.4 Å². The molecule has 0 aliphatic carbocycles. The maximum atomic E-state index is 5.72. The average Bonchev–Trinajstić information content (AvgIpc) is 2.39. The Morgan fingerprint density at radius 3 is 2.81 bits per heavy atom. The molecule has 0 bridgehead atoms. The molecule has 1 aromatic carbocycles. The first-order valence-electron chi connectivity index (χ1n) is 6.32. The SMILES string of the molecule is CC(CN)c1cccc(C2CCNCC2)c1. The summed E-state index contributed by atoms with van der Waals surface area (Å²) in [4.78, 5) is 0. The normalized spacial score (nSPS) is 19.6. The minimum absolute atomic E-state index is 0.474. The van der Waals surface area contributed by atoms with Gasteiger partial charge in [0.1, 0.15) is 0 Å². The lowest BCUT2D eigenvalue weighted by molar-refractivity contribution is 0.460. The summed E-state index contributed by atoms with van der Waals surface area (Å²) in [6.07, 6.45) is 2.53. The van der Waals surface area contributed by atoms with Crippen LogP contribution in [0.5, 0.6) is 0 Å². The summed E-state index contributed by atoms with van der Waals surface area (Å²) in [6.45, 7) is 5.24. The van der Waals surface area contributed by atoms with E-state index in [4.69, 9.17) is 5.73 Å². The second kappa shape index (κ2) is 5.46. The van der Waals surface area contributed by atoms with Gasteiger partial charge >= 0.3 is 0 Å². The highest BCUT2D eigenvalue weighted by atomic mass is 14.9. The number of hydrogen-bond donors (Lipinski definition) is 2. The molecule has 0 saturated carbocycles. The lowest BCUT2D eigenvalue weighted by atomic mass is 9.88. The van der Waals surface area contributed by atoms with Crippen LogP contribution in [0.2, 0.25) is 0 Å². The van der Waals surface area contributed by atoms with E-state index < -0.39 is 0 Å². The summed E-state index contributed by atoms with van der Waals surface area (Å²) in [6, 6.07) is 9.00. The molecule has 0 aromatic heterocycles. The zero-order valence-corrected chi connectivity index (χ0v) is 10.1. The first-order valence-corrected chi connectivity index (χ1v) is 6.32. The molecule has 1 aliphatic heterocycles. The number of hydrogen-bond acceptors (Lipinski definition) is 2. The highest BCUT2D eigenvalue weighted by Crippen LogP contribution is 2.27. The van der Waals surface area contributed by atoms with E-state index in [0.717, 1.165) is 25.6 Å². The first-order chi connectivity index (χ1) is 7.81. The van der Waals surface area contributed by atoms with Crippen LogP contribution in [0.3, 0.4) is 0 Å². The maximum Gasteiger partial charge on any atom is -0.00109 e. The largest absolute Gasteiger partial charge is 0.330 e. The van der Waals surface area contributed by atoms with Crippen molar-refractivity contribution in [2.75, 3.05) is 19.6 Å². The molecule has 0 spiro atoms. The summed E-state index contributed by atoms with van der Waals surface area (Å²) in [5.41, 5.74) is 8.61. The van der Waals surface area contributed by atoms with Crippen LogP contribution >= 0.6 is 0 Å². The predicted molar refractivity (Wildman–Crippen MR) is 68.8 cm³/mol. The minimum Gasteiger partial charge on any atom is -0.330 e. The van der Waals surface area contributed by atoms with Crippen LogP contribution in [0.4, 0.5) is 0 Å². The van der Waals surface area contributed by atoms with Crippen LogP contribution in [0, 0.1) is 0 Å². The van der Waals surface area contributed by atoms with Gasteiger partial charge < -0.3 is 11.1 Å². The number of piperidine rings is 1.